The Morgan fingerprint density at radius 1 is 1.03 bits per heavy atom. The molecule has 11 heteroatoms. The summed E-state index contributed by atoms with van der Waals surface area (Å²) in [6.07, 6.45) is -4.50. The maximum Gasteiger partial charge on any atom is 0.416 e. The summed E-state index contributed by atoms with van der Waals surface area (Å²) in [6, 6.07) is 12.0. The maximum atomic E-state index is 13.2. The quantitative estimate of drug-likeness (QED) is 0.475. The fraction of sp³-hybridized carbons (Fsp3) is 0.227. The molecule has 0 radical (unpaired) electrons. The highest BCUT2D eigenvalue weighted by Gasteiger charge is 2.30. The number of hydrogen-bond donors (Lipinski definition) is 1. The number of hydrogen-bond acceptors (Lipinski definition) is 4. The van der Waals surface area contributed by atoms with Gasteiger partial charge in [0.15, 0.2) is 11.2 Å². The van der Waals surface area contributed by atoms with Gasteiger partial charge in [-0.25, -0.2) is 4.79 Å². The first-order valence-electron chi connectivity index (χ1n) is 9.87. The second kappa shape index (κ2) is 8.43. The molecule has 0 aliphatic carbocycles. The molecule has 2 heterocycles. The minimum Gasteiger partial charge on any atom is -0.351 e. The number of fused-ring (bicyclic) bond motifs is 1. The number of anilines is 1. The molecular formula is C22H19ClF3N5O2. The number of benzene rings is 2. The van der Waals surface area contributed by atoms with E-state index in [1.54, 1.807) is 12.1 Å². The molecule has 0 aliphatic heterocycles. The van der Waals surface area contributed by atoms with Crippen molar-refractivity contribution in [3.63, 3.8) is 0 Å². The second-order valence-electron chi connectivity index (χ2n) is 7.54. The summed E-state index contributed by atoms with van der Waals surface area (Å²) in [5, 5.41) is 3.62. The van der Waals surface area contributed by atoms with Crippen molar-refractivity contribution in [3.05, 3.63) is 91.1 Å². The molecule has 4 aromatic rings. The molecule has 0 saturated heterocycles. The molecule has 172 valence electrons. The first-order chi connectivity index (χ1) is 15.6. The minimum atomic E-state index is -4.50. The van der Waals surface area contributed by atoms with E-state index in [1.165, 1.54) is 35.4 Å². The zero-order valence-electron chi connectivity index (χ0n) is 17.7. The Labute approximate surface area is 190 Å². The predicted molar refractivity (Wildman–Crippen MR) is 120 cm³/mol. The lowest BCUT2D eigenvalue weighted by Gasteiger charge is -2.13. The Morgan fingerprint density at radius 2 is 1.76 bits per heavy atom. The Balaban J connectivity index is 1.85. The van der Waals surface area contributed by atoms with E-state index in [0.29, 0.717) is 10.6 Å². The van der Waals surface area contributed by atoms with Crippen LogP contribution in [0.15, 0.2) is 58.1 Å². The van der Waals surface area contributed by atoms with Crippen LogP contribution in [0.4, 0.5) is 19.1 Å². The lowest BCUT2D eigenvalue weighted by molar-refractivity contribution is -0.137. The molecule has 0 saturated carbocycles. The summed E-state index contributed by atoms with van der Waals surface area (Å²) in [5.41, 5.74) is -0.655. The summed E-state index contributed by atoms with van der Waals surface area (Å²) in [4.78, 5) is 29.7. The SMILES string of the molecule is Cn1c(=O)c2c(nc(NCc3ccccc3Cl)n2Cc2cccc(C(F)(F)F)c2)n(C)c1=O. The van der Waals surface area contributed by atoms with Gasteiger partial charge in [0.2, 0.25) is 5.95 Å². The van der Waals surface area contributed by atoms with Gasteiger partial charge < -0.3 is 5.32 Å². The van der Waals surface area contributed by atoms with Crippen LogP contribution in [-0.2, 0) is 33.4 Å². The molecule has 7 nitrogen and oxygen atoms in total. The van der Waals surface area contributed by atoms with Crippen LogP contribution in [0.2, 0.25) is 5.02 Å². The van der Waals surface area contributed by atoms with Gasteiger partial charge in [-0.05, 0) is 29.3 Å². The van der Waals surface area contributed by atoms with E-state index in [9.17, 15) is 22.8 Å². The number of alkyl halides is 3. The van der Waals surface area contributed by atoms with Gasteiger partial charge in [0.25, 0.3) is 5.56 Å². The van der Waals surface area contributed by atoms with Gasteiger partial charge in [0.1, 0.15) is 0 Å². The average Bonchev–Trinajstić information content (AvgIpc) is 3.13. The number of aromatic nitrogens is 4. The highest BCUT2D eigenvalue weighted by Crippen LogP contribution is 2.30. The monoisotopic (exact) mass is 477 g/mol. The Morgan fingerprint density at radius 3 is 2.45 bits per heavy atom. The van der Waals surface area contributed by atoms with E-state index in [0.717, 1.165) is 22.3 Å². The fourth-order valence-electron chi connectivity index (χ4n) is 3.58. The second-order valence-corrected chi connectivity index (χ2v) is 7.95. The third-order valence-corrected chi connectivity index (χ3v) is 5.71. The molecule has 0 amide bonds. The lowest BCUT2D eigenvalue weighted by atomic mass is 10.1. The molecule has 2 aromatic heterocycles. The average molecular weight is 478 g/mol. The van der Waals surface area contributed by atoms with Crippen molar-refractivity contribution in [3.8, 4) is 0 Å². The van der Waals surface area contributed by atoms with Gasteiger partial charge in [-0.3, -0.25) is 18.5 Å². The van der Waals surface area contributed by atoms with Crippen LogP contribution < -0.4 is 16.6 Å². The smallest absolute Gasteiger partial charge is 0.351 e. The van der Waals surface area contributed by atoms with Crippen molar-refractivity contribution >= 4 is 28.7 Å². The van der Waals surface area contributed by atoms with Gasteiger partial charge in [-0.15, -0.1) is 0 Å². The maximum absolute atomic E-state index is 13.2. The van der Waals surface area contributed by atoms with Crippen LogP contribution in [0.3, 0.4) is 0 Å². The van der Waals surface area contributed by atoms with E-state index in [1.807, 2.05) is 12.1 Å². The van der Waals surface area contributed by atoms with Crippen molar-refractivity contribution in [1.29, 1.82) is 0 Å². The van der Waals surface area contributed by atoms with E-state index in [4.69, 9.17) is 11.6 Å². The number of rotatable bonds is 5. The molecule has 0 spiro atoms. The van der Waals surface area contributed by atoms with Gasteiger partial charge in [0.05, 0.1) is 12.1 Å². The minimum absolute atomic E-state index is 0.0707. The van der Waals surface area contributed by atoms with E-state index in [2.05, 4.69) is 10.3 Å². The Hall–Kier alpha value is -3.53. The molecule has 0 bridgehead atoms. The number of nitrogens with zero attached hydrogens (tertiary/aromatic N) is 4. The lowest BCUT2D eigenvalue weighted by Crippen LogP contribution is -2.37. The van der Waals surface area contributed by atoms with Crippen molar-refractivity contribution in [2.24, 2.45) is 14.1 Å². The van der Waals surface area contributed by atoms with Crippen molar-refractivity contribution in [1.82, 2.24) is 18.7 Å². The standard InChI is InChI=1S/C22H19ClF3N5O2/c1-29-18-17(19(32)30(2)21(29)33)31(12-13-6-5-8-15(10-13)22(24,25)26)20(28-18)27-11-14-7-3-4-9-16(14)23/h3-10H,11-12H2,1-2H3,(H,27,28). The van der Waals surface area contributed by atoms with Crippen molar-refractivity contribution < 1.29 is 13.2 Å². The van der Waals surface area contributed by atoms with Gasteiger partial charge in [-0.1, -0.05) is 41.9 Å². The normalized spacial score (nSPS) is 11.8. The Kier molecular flexibility index (Phi) is 5.79. The highest BCUT2D eigenvalue weighted by atomic mass is 35.5. The number of imidazole rings is 1. The largest absolute Gasteiger partial charge is 0.416 e. The summed E-state index contributed by atoms with van der Waals surface area (Å²) in [7, 11) is 2.81. The third kappa shape index (κ3) is 4.25. The fourth-order valence-corrected chi connectivity index (χ4v) is 3.78. The number of aryl methyl sites for hydroxylation is 1. The summed E-state index contributed by atoms with van der Waals surface area (Å²) in [5.74, 6) is 0.223. The van der Waals surface area contributed by atoms with Gasteiger partial charge in [-0.2, -0.15) is 18.2 Å². The highest BCUT2D eigenvalue weighted by molar-refractivity contribution is 6.31. The number of halogens is 4. The molecule has 33 heavy (non-hydrogen) atoms. The van der Waals surface area contributed by atoms with E-state index >= 15 is 0 Å². The van der Waals surface area contributed by atoms with Gasteiger partial charge >= 0.3 is 11.9 Å². The first-order valence-corrected chi connectivity index (χ1v) is 10.3. The molecule has 0 atom stereocenters. The van der Waals surface area contributed by atoms with Crippen LogP contribution in [0, 0.1) is 0 Å². The van der Waals surface area contributed by atoms with E-state index in [-0.39, 0.29) is 30.2 Å². The Bertz CT molecular complexity index is 1470. The van der Waals surface area contributed by atoms with Crippen molar-refractivity contribution in [2.75, 3.05) is 5.32 Å². The first kappa shape index (κ1) is 22.7. The molecule has 0 aliphatic rings. The zero-order chi connectivity index (χ0) is 23.9. The molecule has 0 fully saturated rings. The number of nitrogens with one attached hydrogen (secondary N) is 1. The molecule has 1 N–H and O–H groups in total. The predicted octanol–water partition coefficient (Wildman–Crippen LogP) is 3.77. The summed E-state index contributed by atoms with van der Waals surface area (Å²) < 4.78 is 43.2. The molecule has 4 rings (SSSR count). The molecule has 2 aromatic carbocycles. The third-order valence-electron chi connectivity index (χ3n) is 5.34. The van der Waals surface area contributed by atoms with Crippen LogP contribution in [0.5, 0.6) is 0 Å². The summed E-state index contributed by atoms with van der Waals surface area (Å²) >= 11 is 6.22. The van der Waals surface area contributed by atoms with Gasteiger partial charge in [0, 0.05) is 25.7 Å². The van der Waals surface area contributed by atoms with Crippen LogP contribution in [0.1, 0.15) is 16.7 Å². The van der Waals surface area contributed by atoms with Crippen LogP contribution in [0.25, 0.3) is 11.2 Å². The van der Waals surface area contributed by atoms with Crippen LogP contribution in [-0.4, -0.2) is 18.7 Å². The zero-order valence-corrected chi connectivity index (χ0v) is 18.4. The molecular weight excluding hydrogens is 459 g/mol. The van der Waals surface area contributed by atoms with E-state index < -0.39 is 23.0 Å². The van der Waals surface area contributed by atoms with Crippen LogP contribution >= 0.6 is 11.6 Å². The topological polar surface area (TPSA) is 73.8 Å². The summed E-state index contributed by atoms with van der Waals surface area (Å²) in [6.45, 7) is 0.179. The van der Waals surface area contributed by atoms with Crippen molar-refractivity contribution in [2.45, 2.75) is 19.3 Å². The molecule has 0 unspecified atom stereocenters.